The SMILES string of the molecule is CN(C)C/C=C/C(=O)N(C)c1cccc2c1CN(C(=O)c1cc(C(F)(F)F)c(O)cc1O)C2. The van der Waals surface area contributed by atoms with Crippen LogP contribution in [-0.2, 0) is 24.1 Å². The van der Waals surface area contributed by atoms with Crippen LogP contribution in [0.5, 0.6) is 11.5 Å². The van der Waals surface area contributed by atoms with Gasteiger partial charge in [0.2, 0.25) is 5.91 Å². The second kappa shape index (κ2) is 9.14. The third kappa shape index (κ3) is 5.11. The molecule has 2 aromatic rings. The molecule has 176 valence electrons. The number of phenols is 2. The number of aromatic hydroxyl groups is 2. The minimum Gasteiger partial charge on any atom is -0.507 e. The van der Waals surface area contributed by atoms with Crippen LogP contribution in [0.4, 0.5) is 18.9 Å². The Morgan fingerprint density at radius 1 is 1.09 bits per heavy atom. The number of hydrogen-bond donors (Lipinski definition) is 2. The first-order valence-corrected chi connectivity index (χ1v) is 10.0. The summed E-state index contributed by atoms with van der Waals surface area (Å²) in [5.41, 5.74) is 0.0405. The molecule has 2 aromatic carbocycles. The Hall–Kier alpha value is -3.53. The summed E-state index contributed by atoms with van der Waals surface area (Å²) in [6.45, 7) is 0.734. The number of amides is 2. The van der Waals surface area contributed by atoms with E-state index in [1.807, 2.05) is 19.0 Å². The second-order valence-electron chi connectivity index (χ2n) is 8.02. The van der Waals surface area contributed by atoms with Gasteiger partial charge in [-0.15, -0.1) is 0 Å². The van der Waals surface area contributed by atoms with Crippen LogP contribution in [0.15, 0.2) is 42.5 Å². The van der Waals surface area contributed by atoms with Gasteiger partial charge in [0.15, 0.2) is 0 Å². The summed E-state index contributed by atoms with van der Waals surface area (Å²) < 4.78 is 39.5. The molecule has 0 radical (unpaired) electrons. The number of carbonyl (C=O) groups excluding carboxylic acids is 2. The molecule has 2 N–H and O–H groups in total. The van der Waals surface area contributed by atoms with E-state index in [1.165, 1.54) is 15.9 Å². The lowest BCUT2D eigenvalue weighted by atomic mass is 10.1. The van der Waals surface area contributed by atoms with Gasteiger partial charge in [-0.3, -0.25) is 9.59 Å². The standard InChI is InChI=1S/C23H24F3N3O4/c1-27(2)9-5-8-21(32)28(3)18-7-4-6-14-12-29(13-16(14)18)22(33)15-10-17(23(24,25)26)20(31)11-19(15)30/h4-8,10-11,30-31H,9,12-13H2,1-3H3/b8-5+. The van der Waals surface area contributed by atoms with Crippen molar-refractivity contribution in [2.75, 3.05) is 32.6 Å². The van der Waals surface area contributed by atoms with Gasteiger partial charge in [-0.25, -0.2) is 0 Å². The summed E-state index contributed by atoms with van der Waals surface area (Å²) in [7, 11) is 5.35. The number of anilines is 1. The molecule has 0 unspecified atom stereocenters. The van der Waals surface area contributed by atoms with E-state index in [0.29, 0.717) is 29.9 Å². The monoisotopic (exact) mass is 463 g/mol. The first-order chi connectivity index (χ1) is 15.4. The Labute approximate surface area is 188 Å². The molecule has 0 saturated heterocycles. The van der Waals surface area contributed by atoms with Crippen molar-refractivity contribution in [3.8, 4) is 11.5 Å². The Bertz CT molecular complexity index is 1110. The number of fused-ring (bicyclic) bond motifs is 1. The molecule has 0 aromatic heterocycles. The summed E-state index contributed by atoms with van der Waals surface area (Å²) in [5.74, 6) is -2.99. The zero-order valence-corrected chi connectivity index (χ0v) is 18.3. The predicted molar refractivity (Wildman–Crippen MR) is 116 cm³/mol. The van der Waals surface area contributed by atoms with Gasteiger partial charge < -0.3 is 24.9 Å². The van der Waals surface area contributed by atoms with E-state index in [-0.39, 0.29) is 19.0 Å². The third-order valence-corrected chi connectivity index (χ3v) is 5.32. The van der Waals surface area contributed by atoms with Gasteiger partial charge in [0, 0.05) is 50.1 Å². The zero-order chi connectivity index (χ0) is 24.5. The number of phenolic OH excluding ortho intramolecular Hbond substituents is 2. The molecule has 2 amide bonds. The van der Waals surface area contributed by atoms with Gasteiger partial charge >= 0.3 is 6.18 Å². The molecule has 0 aliphatic carbocycles. The summed E-state index contributed by atoms with van der Waals surface area (Å²) in [4.78, 5) is 30.1. The highest BCUT2D eigenvalue weighted by Crippen LogP contribution is 2.40. The maximum absolute atomic E-state index is 13.2. The van der Waals surface area contributed by atoms with Crippen LogP contribution in [0.25, 0.3) is 0 Å². The van der Waals surface area contributed by atoms with Crippen molar-refractivity contribution in [2.45, 2.75) is 19.3 Å². The van der Waals surface area contributed by atoms with E-state index >= 15 is 0 Å². The molecule has 0 bridgehead atoms. The largest absolute Gasteiger partial charge is 0.507 e. The maximum Gasteiger partial charge on any atom is 0.419 e. The molecule has 1 aliphatic rings. The Balaban J connectivity index is 1.86. The van der Waals surface area contributed by atoms with Gasteiger partial charge in [-0.1, -0.05) is 18.2 Å². The lowest BCUT2D eigenvalue weighted by Gasteiger charge is -2.20. The molecule has 1 heterocycles. The summed E-state index contributed by atoms with van der Waals surface area (Å²) >= 11 is 0. The van der Waals surface area contributed by atoms with Gasteiger partial charge in [0.05, 0.1) is 11.1 Å². The van der Waals surface area contributed by atoms with Gasteiger partial charge in [0.1, 0.15) is 11.5 Å². The molecule has 33 heavy (non-hydrogen) atoms. The zero-order valence-electron chi connectivity index (χ0n) is 18.3. The number of alkyl halides is 3. The quantitative estimate of drug-likeness (QED) is 0.665. The van der Waals surface area contributed by atoms with E-state index < -0.39 is 34.7 Å². The molecular formula is C23H24F3N3O4. The highest BCUT2D eigenvalue weighted by atomic mass is 19.4. The van der Waals surface area contributed by atoms with Crippen LogP contribution < -0.4 is 4.90 Å². The van der Waals surface area contributed by atoms with Crippen LogP contribution >= 0.6 is 0 Å². The summed E-state index contributed by atoms with van der Waals surface area (Å²) in [6, 6.07) is 6.18. The molecule has 0 saturated carbocycles. The van der Waals surface area contributed by atoms with E-state index in [0.717, 1.165) is 5.56 Å². The first kappa shape index (κ1) is 24.1. The van der Waals surface area contributed by atoms with E-state index in [4.69, 9.17) is 0 Å². The number of hydrogen-bond acceptors (Lipinski definition) is 5. The van der Waals surface area contributed by atoms with E-state index in [9.17, 15) is 33.0 Å². The molecule has 10 heteroatoms. The minimum atomic E-state index is -4.89. The van der Waals surface area contributed by atoms with Gasteiger partial charge in [0.25, 0.3) is 5.91 Å². The summed E-state index contributed by atoms with van der Waals surface area (Å²) in [5, 5.41) is 19.6. The van der Waals surface area contributed by atoms with Crippen molar-refractivity contribution in [1.29, 1.82) is 0 Å². The fourth-order valence-corrected chi connectivity index (χ4v) is 3.60. The smallest absolute Gasteiger partial charge is 0.419 e. The van der Waals surface area contributed by atoms with Gasteiger partial charge in [-0.05, 0) is 31.8 Å². The number of carbonyl (C=O) groups is 2. The molecular weight excluding hydrogens is 439 g/mol. The summed E-state index contributed by atoms with van der Waals surface area (Å²) in [6.07, 6.45) is -1.72. The van der Waals surface area contributed by atoms with Crippen molar-refractivity contribution in [2.24, 2.45) is 0 Å². The topological polar surface area (TPSA) is 84.3 Å². The van der Waals surface area contributed by atoms with Crippen LogP contribution in [0.1, 0.15) is 27.0 Å². The second-order valence-corrected chi connectivity index (χ2v) is 8.02. The number of nitrogens with zero attached hydrogens (tertiary/aromatic N) is 3. The average molecular weight is 463 g/mol. The molecule has 1 aliphatic heterocycles. The first-order valence-electron chi connectivity index (χ1n) is 10.0. The number of likely N-dealkylation sites (N-methyl/N-ethyl adjacent to an activating group) is 2. The highest BCUT2D eigenvalue weighted by molar-refractivity contribution is 6.02. The highest BCUT2D eigenvalue weighted by Gasteiger charge is 2.37. The van der Waals surface area contributed by atoms with Crippen LogP contribution in [-0.4, -0.2) is 59.5 Å². The lowest BCUT2D eigenvalue weighted by Crippen LogP contribution is -2.27. The maximum atomic E-state index is 13.2. The molecule has 7 nitrogen and oxygen atoms in total. The van der Waals surface area contributed by atoms with Crippen LogP contribution in [0.3, 0.4) is 0 Å². The Morgan fingerprint density at radius 3 is 2.42 bits per heavy atom. The fourth-order valence-electron chi connectivity index (χ4n) is 3.60. The number of halogens is 3. The van der Waals surface area contributed by atoms with E-state index in [1.54, 1.807) is 31.3 Å². The minimum absolute atomic E-state index is 0.0467. The number of benzene rings is 2. The molecule has 3 rings (SSSR count). The fraction of sp³-hybridized carbons (Fsp3) is 0.304. The normalized spacial score (nSPS) is 13.6. The number of rotatable bonds is 5. The van der Waals surface area contributed by atoms with E-state index in [2.05, 4.69) is 0 Å². The van der Waals surface area contributed by atoms with Crippen LogP contribution in [0, 0.1) is 0 Å². The molecule has 0 spiro atoms. The third-order valence-electron chi connectivity index (χ3n) is 5.32. The Kier molecular flexibility index (Phi) is 6.68. The molecule has 0 atom stereocenters. The van der Waals surface area contributed by atoms with Crippen molar-refractivity contribution in [3.05, 3.63) is 64.7 Å². The van der Waals surface area contributed by atoms with Crippen molar-refractivity contribution in [1.82, 2.24) is 9.80 Å². The van der Waals surface area contributed by atoms with Crippen molar-refractivity contribution >= 4 is 17.5 Å². The Morgan fingerprint density at radius 2 is 1.79 bits per heavy atom. The molecule has 0 fully saturated rings. The van der Waals surface area contributed by atoms with Gasteiger partial charge in [-0.2, -0.15) is 13.2 Å². The van der Waals surface area contributed by atoms with Crippen molar-refractivity contribution in [3.63, 3.8) is 0 Å². The van der Waals surface area contributed by atoms with Crippen molar-refractivity contribution < 1.29 is 33.0 Å². The average Bonchev–Trinajstić information content (AvgIpc) is 3.16. The predicted octanol–water partition coefficient (Wildman–Crippen LogP) is 3.35. The lowest BCUT2D eigenvalue weighted by molar-refractivity contribution is -0.138. The van der Waals surface area contributed by atoms with Crippen LogP contribution in [0.2, 0.25) is 0 Å².